The zero-order chi connectivity index (χ0) is 17.9. The van der Waals surface area contributed by atoms with Crippen LogP contribution in [0.3, 0.4) is 0 Å². The largest absolute Gasteiger partial charge is 0.494 e. The summed E-state index contributed by atoms with van der Waals surface area (Å²) in [6.45, 7) is 3.01. The number of nitrogens with one attached hydrogen (secondary N) is 2. The highest BCUT2D eigenvalue weighted by molar-refractivity contribution is 5.74. The molecular weight excluding hydrogens is 320 g/mol. The summed E-state index contributed by atoms with van der Waals surface area (Å²) in [6, 6.07) is 9.60. The molecule has 25 heavy (non-hydrogen) atoms. The van der Waals surface area contributed by atoms with E-state index in [0.717, 1.165) is 31.4 Å². The SMILES string of the molecule is CCNC(=O)NC1CCC(OC(=O)CCCOc2ccccc2)CC1. The zero-order valence-electron chi connectivity index (χ0n) is 14.8. The third kappa shape index (κ3) is 7.45. The minimum absolute atomic E-state index is 0.0326. The first kappa shape index (κ1) is 19.1. The van der Waals surface area contributed by atoms with Crippen LogP contribution in [0, 0.1) is 0 Å². The van der Waals surface area contributed by atoms with Gasteiger partial charge in [-0.2, -0.15) is 0 Å². The molecule has 0 atom stereocenters. The first-order valence-electron chi connectivity index (χ1n) is 9.09. The van der Waals surface area contributed by atoms with Gasteiger partial charge in [0.15, 0.2) is 0 Å². The molecule has 0 aromatic heterocycles. The van der Waals surface area contributed by atoms with Crippen LogP contribution in [0.5, 0.6) is 5.75 Å². The van der Waals surface area contributed by atoms with Gasteiger partial charge >= 0.3 is 12.0 Å². The second-order valence-corrected chi connectivity index (χ2v) is 6.23. The van der Waals surface area contributed by atoms with Gasteiger partial charge in [-0.3, -0.25) is 4.79 Å². The van der Waals surface area contributed by atoms with Gasteiger partial charge < -0.3 is 20.1 Å². The molecule has 2 N–H and O–H groups in total. The number of hydrogen-bond donors (Lipinski definition) is 2. The molecule has 0 aliphatic heterocycles. The van der Waals surface area contributed by atoms with Crippen LogP contribution < -0.4 is 15.4 Å². The van der Waals surface area contributed by atoms with Crippen molar-refractivity contribution in [1.29, 1.82) is 0 Å². The Morgan fingerprint density at radius 2 is 1.84 bits per heavy atom. The van der Waals surface area contributed by atoms with Gasteiger partial charge in [-0.05, 0) is 51.2 Å². The molecular formula is C19H28N2O4. The first-order valence-corrected chi connectivity index (χ1v) is 9.09. The first-order chi connectivity index (χ1) is 12.2. The topological polar surface area (TPSA) is 76.7 Å². The summed E-state index contributed by atoms with van der Waals surface area (Å²) in [7, 11) is 0. The summed E-state index contributed by atoms with van der Waals surface area (Å²) >= 11 is 0. The lowest BCUT2D eigenvalue weighted by Gasteiger charge is -2.28. The molecule has 0 saturated heterocycles. The fourth-order valence-electron chi connectivity index (χ4n) is 2.89. The number of amides is 2. The number of esters is 1. The number of benzene rings is 1. The highest BCUT2D eigenvalue weighted by Gasteiger charge is 2.24. The minimum Gasteiger partial charge on any atom is -0.494 e. The molecule has 6 heteroatoms. The number of ether oxygens (including phenoxy) is 2. The lowest BCUT2D eigenvalue weighted by atomic mass is 9.93. The van der Waals surface area contributed by atoms with E-state index in [0.29, 0.717) is 26.0 Å². The quantitative estimate of drug-likeness (QED) is 0.559. The molecule has 1 fully saturated rings. The van der Waals surface area contributed by atoms with Gasteiger partial charge in [-0.1, -0.05) is 18.2 Å². The van der Waals surface area contributed by atoms with E-state index in [2.05, 4.69) is 10.6 Å². The number of rotatable bonds is 8. The molecule has 0 bridgehead atoms. The standard InChI is InChI=1S/C19H28N2O4/c1-2-20-19(23)21-15-10-12-17(13-11-15)25-18(22)9-6-14-24-16-7-4-3-5-8-16/h3-5,7-8,15,17H,2,6,9-14H2,1H3,(H2,20,21,23). The van der Waals surface area contributed by atoms with E-state index in [4.69, 9.17) is 9.47 Å². The summed E-state index contributed by atoms with van der Waals surface area (Å²) in [5, 5.41) is 5.67. The van der Waals surface area contributed by atoms with Gasteiger partial charge in [-0.25, -0.2) is 4.79 Å². The summed E-state index contributed by atoms with van der Waals surface area (Å²) in [5.74, 6) is 0.644. The second-order valence-electron chi connectivity index (χ2n) is 6.23. The van der Waals surface area contributed by atoms with Crippen LogP contribution in [-0.4, -0.2) is 37.3 Å². The summed E-state index contributed by atoms with van der Waals surface area (Å²) in [6.07, 6.45) is 4.24. The van der Waals surface area contributed by atoms with Gasteiger partial charge in [0.2, 0.25) is 0 Å². The zero-order valence-corrected chi connectivity index (χ0v) is 14.8. The summed E-state index contributed by atoms with van der Waals surface area (Å²) in [4.78, 5) is 23.4. The van der Waals surface area contributed by atoms with Crippen molar-refractivity contribution in [3.05, 3.63) is 30.3 Å². The number of hydrogen-bond acceptors (Lipinski definition) is 4. The summed E-state index contributed by atoms with van der Waals surface area (Å²) in [5.41, 5.74) is 0. The van der Waals surface area contributed by atoms with Crippen molar-refractivity contribution in [1.82, 2.24) is 10.6 Å². The fraction of sp³-hybridized carbons (Fsp3) is 0.579. The van der Waals surface area contributed by atoms with Crippen LogP contribution in [0.25, 0.3) is 0 Å². The molecule has 1 aliphatic rings. The van der Waals surface area contributed by atoms with E-state index in [1.807, 2.05) is 37.3 Å². The van der Waals surface area contributed by atoms with Crippen molar-refractivity contribution < 1.29 is 19.1 Å². The maximum atomic E-state index is 11.9. The molecule has 2 rings (SSSR count). The number of urea groups is 1. The molecule has 1 saturated carbocycles. The lowest BCUT2D eigenvalue weighted by molar-refractivity contribution is -0.151. The predicted octanol–water partition coefficient (Wildman–Crippen LogP) is 3.02. The summed E-state index contributed by atoms with van der Waals surface area (Å²) < 4.78 is 11.1. The molecule has 1 aromatic rings. The third-order valence-corrected chi connectivity index (χ3v) is 4.18. The van der Waals surface area contributed by atoms with Crippen molar-refractivity contribution in [3.63, 3.8) is 0 Å². The Labute approximate surface area is 149 Å². The van der Waals surface area contributed by atoms with Gasteiger partial charge in [0.25, 0.3) is 0 Å². The van der Waals surface area contributed by atoms with Crippen LogP contribution in [0.15, 0.2) is 30.3 Å². The molecule has 1 aliphatic carbocycles. The highest BCUT2D eigenvalue weighted by Crippen LogP contribution is 2.22. The van der Waals surface area contributed by atoms with Crippen molar-refractivity contribution in [2.45, 2.75) is 57.6 Å². The Kier molecular flexibility index (Phi) is 8.09. The van der Waals surface area contributed by atoms with Crippen LogP contribution >= 0.6 is 0 Å². The maximum absolute atomic E-state index is 11.9. The smallest absolute Gasteiger partial charge is 0.314 e. The Morgan fingerprint density at radius 3 is 2.52 bits per heavy atom. The van der Waals surface area contributed by atoms with Crippen molar-refractivity contribution in [2.75, 3.05) is 13.2 Å². The van der Waals surface area contributed by atoms with Crippen LogP contribution in [0.4, 0.5) is 4.79 Å². The molecule has 0 unspecified atom stereocenters. The number of carbonyl (C=O) groups is 2. The van der Waals surface area contributed by atoms with E-state index < -0.39 is 0 Å². The lowest BCUT2D eigenvalue weighted by Crippen LogP contribution is -2.44. The average molecular weight is 348 g/mol. The minimum atomic E-state index is -0.170. The second kappa shape index (κ2) is 10.6. The van der Waals surface area contributed by atoms with Crippen molar-refractivity contribution in [2.24, 2.45) is 0 Å². The average Bonchev–Trinajstić information content (AvgIpc) is 2.61. The molecule has 0 spiro atoms. The molecule has 138 valence electrons. The van der Waals surface area contributed by atoms with Crippen LogP contribution in [-0.2, 0) is 9.53 Å². The molecule has 0 heterocycles. The van der Waals surface area contributed by atoms with E-state index in [9.17, 15) is 9.59 Å². The van der Waals surface area contributed by atoms with E-state index >= 15 is 0 Å². The van der Waals surface area contributed by atoms with E-state index in [1.54, 1.807) is 0 Å². The van der Waals surface area contributed by atoms with Gasteiger partial charge in [0, 0.05) is 19.0 Å². The Morgan fingerprint density at radius 1 is 1.12 bits per heavy atom. The van der Waals surface area contributed by atoms with Gasteiger partial charge in [-0.15, -0.1) is 0 Å². The molecule has 6 nitrogen and oxygen atoms in total. The van der Waals surface area contributed by atoms with Gasteiger partial charge in [0.1, 0.15) is 11.9 Å². The van der Waals surface area contributed by atoms with Crippen molar-refractivity contribution in [3.8, 4) is 5.75 Å². The normalized spacial score (nSPS) is 19.7. The fourth-order valence-corrected chi connectivity index (χ4v) is 2.89. The monoisotopic (exact) mass is 348 g/mol. The maximum Gasteiger partial charge on any atom is 0.314 e. The Bertz CT molecular complexity index is 527. The van der Waals surface area contributed by atoms with Crippen LogP contribution in [0.2, 0.25) is 0 Å². The van der Waals surface area contributed by atoms with Gasteiger partial charge in [0.05, 0.1) is 6.61 Å². The van der Waals surface area contributed by atoms with E-state index in [-0.39, 0.29) is 24.1 Å². The predicted molar refractivity (Wildman–Crippen MR) is 95.5 cm³/mol. The van der Waals surface area contributed by atoms with Crippen molar-refractivity contribution >= 4 is 12.0 Å². The van der Waals surface area contributed by atoms with Crippen LogP contribution in [0.1, 0.15) is 45.4 Å². The Balaban J connectivity index is 1.55. The highest BCUT2D eigenvalue weighted by atomic mass is 16.5. The van der Waals surface area contributed by atoms with E-state index in [1.165, 1.54) is 0 Å². The third-order valence-electron chi connectivity index (χ3n) is 4.18. The Hall–Kier alpha value is -2.24. The number of carbonyl (C=O) groups excluding carboxylic acids is 2. The molecule has 1 aromatic carbocycles. The number of para-hydroxylation sites is 1. The molecule has 2 amide bonds. The molecule has 0 radical (unpaired) electrons.